The predicted molar refractivity (Wildman–Crippen MR) is 95.8 cm³/mol. The fourth-order valence-corrected chi connectivity index (χ4v) is 3.41. The van der Waals surface area contributed by atoms with E-state index in [9.17, 15) is 9.59 Å². The van der Waals surface area contributed by atoms with Gasteiger partial charge in [0.2, 0.25) is 5.91 Å². The van der Waals surface area contributed by atoms with E-state index >= 15 is 0 Å². The molecule has 1 aromatic rings. The van der Waals surface area contributed by atoms with Crippen LogP contribution in [0.15, 0.2) is 18.2 Å². The lowest BCUT2D eigenvalue weighted by Gasteiger charge is -2.34. The molecule has 0 saturated carbocycles. The zero-order valence-corrected chi connectivity index (χ0v) is 14.9. The van der Waals surface area contributed by atoms with Crippen molar-refractivity contribution in [1.29, 1.82) is 0 Å². The number of piperidine rings is 1. The van der Waals surface area contributed by atoms with Gasteiger partial charge < -0.3 is 10.4 Å². The number of hydrogen-bond acceptors (Lipinski definition) is 3. The highest BCUT2D eigenvalue weighted by Gasteiger charge is 2.28. The molecule has 0 spiro atoms. The van der Waals surface area contributed by atoms with E-state index in [-0.39, 0.29) is 18.4 Å². The van der Waals surface area contributed by atoms with Crippen LogP contribution < -0.4 is 5.32 Å². The first kappa shape index (κ1) is 19.0. The first-order valence-corrected chi connectivity index (χ1v) is 8.94. The third kappa shape index (κ3) is 5.65. The van der Waals surface area contributed by atoms with Crippen LogP contribution in [0.25, 0.3) is 0 Å². The van der Waals surface area contributed by atoms with Crippen LogP contribution in [0, 0.1) is 0 Å². The Morgan fingerprint density at radius 3 is 2.75 bits per heavy atom. The van der Waals surface area contributed by atoms with E-state index in [1.54, 1.807) is 18.2 Å². The molecule has 1 aromatic carbocycles. The minimum atomic E-state index is -0.777. The molecule has 7 heteroatoms. The van der Waals surface area contributed by atoms with Gasteiger partial charge in [-0.15, -0.1) is 0 Å². The molecule has 1 fully saturated rings. The molecule has 0 bridgehead atoms. The van der Waals surface area contributed by atoms with Gasteiger partial charge in [0.1, 0.15) is 0 Å². The summed E-state index contributed by atoms with van der Waals surface area (Å²) in [5.41, 5.74) is 0.558. The van der Waals surface area contributed by atoms with Gasteiger partial charge in [0.15, 0.2) is 0 Å². The molecule has 1 heterocycles. The van der Waals surface area contributed by atoms with Gasteiger partial charge >= 0.3 is 5.97 Å². The van der Waals surface area contributed by atoms with Gasteiger partial charge in [0, 0.05) is 11.4 Å². The second-order valence-electron chi connectivity index (χ2n) is 6.01. The Labute approximate surface area is 151 Å². The van der Waals surface area contributed by atoms with E-state index in [4.69, 9.17) is 28.3 Å². The van der Waals surface area contributed by atoms with Gasteiger partial charge in [-0.2, -0.15) is 0 Å². The fraction of sp³-hybridized carbons (Fsp3) is 0.529. The van der Waals surface area contributed by atoms with Crippen molar-refractivity contribution in [3.8, 4) is 0 Å². The lowest BCUT2D eigenvalue weighted by molar-refractivity contribution is -0.137. The summed E-state index contributed by atoms with van der Waals surface area (Å²) in [7, 11) is 0. The molecule has 1 saturated heterocycles. The van der Waals surface area contributed by atoms with Gasteiger partial charge in [0.05, 0.1) is 16.8 Å². The molecular weight excluding hydrogens is 351 g/mol. The summed E-state index contributed by atoms with van der Waals surface area (Å²) >= 11 is 12.0. The van der Waals surface area contributed by atoms with Crippen LogP contribution in [-0.4, -0.2) is 41.0 Å². The Morgan fingerprint density at radius 2 is 2.04 bits per heavy atom. The number of unbranched alkanes of at least 4 members (excludes halogenated alkanes) is 1. The van der Waals surface area contributed by atoms with Crippen LogP contribution >= 0.6 is 23.2 Å². The van der Waals surface area contributed by atoms with Crippen LogP contribution in [0.4, 0.5) is 5.69 Å². The van der Waals surface area contributed by atoms with Gasteiger partial charge in [0.25, 0.3) is 0 Å². The molecule has 0 radical (unpaired) electrons. The number of aliphatic carboxylic acids is 1. The number of carboxylic acid groups (broad SMARTS) is 1. The van der Waals surface area contributed by atoms with Crippen molar-refractivity contribution in [3.05, 3.63) is 28.2 Å². The quantitative estimate of drug-likeness (QED) is 0.708. The average Bonchev–Trinajstić information content (AvgIpc) is 2.54. The molecular formula is C17H22Cl2N2O3. The summed E-state index contributed by atoms with van der Waals surface area (Å²) in [5.74, 6) is -0.850. The summed E-state index contributed by atoms with van der Waals surface area (Å²) in [6.07, 6.45) is 4.45. The molecule has 1 atom stereocenters. The van der Waals surface area contributed by atoms with Gasteiger partial charge in [-0.25, -0.2) is 0 Å². The lowest BCUT2D eigenvalue weighted by atomic mass is 10.0. The second kappa shape index (κ2) is 9.25. The van der Waals surface area contributed by atoms with E-state index in [1.165, 1.54) is 0 Å². The Balaban J connectivity index is 1.93. The maximum Gasteiger partial charge on any atom is 0.303 e. The number of anilines is 1. The smallest absolute Gasteiger partial charge is 0.303 e. The molecule has 1 aliphatic rings. The Morgan fingerprint density at radius 1 is 1.25 bits per heavy atom. The Kier molecular flexibility index (Phi) is 7.34. The second-order valence-corrected chi connectivity index (χ2v) is 6.86. The Hall–Kier alpha value is -1.30. The van der Waals surface area contributed by atoms with Crippen LogP contribution in [0.3, 0.4) is 0 Å². The number of rotatable bonds is 7. The number of benzene rings is 1. The zero-order valence-electron chi connectivity index (χ0n) is 13.4. The molecule has 0 aliphatic carbocycles. The third-order valence-electron chi connectivity index (χ3n) is 4.19. The van der Waals surface area contributed by atoms with Crippen molar-refractivity contribution in [2.24, 2.45) is 0 Å². The van der Waals surface area contributed by atoms with Gasteiger partial charge in [-0.05, 0) is 57.0 Å². The van der Waals surface area contributed by atoms with Crippen molar-refractivity contribution < 1.29 is 14.7 Å². The van der Waals surface area contributed by atoms with Crippen LogP contribution in [0.5, 0.6) is 0 Å². The average molecular weight is 373 g/mol. The van der Waals surface area contributed by atoms with E-state index in [2.05, 4.69) is 10.2 Å². The van der Waals surface area contributed by atoms with E-state index < -0.39 is 5.97 Å². The minimum absolute atomic E-state index is 0.0721. The molecule has 1 unspecified atom stereocenters. The van der Waals surface area contributed by atoms with E-state index in [0.29, 0.717) is 22.2 Å². The SMILES string of the molecule is O=C(O)CCCCN1CCCCC1C(=O)Nc1ccc(Cl)cc1Cl. The molecule has 2 N–H and O–H groups in total. The zero-order chi connectivity index (χ0) is 17.5. The Bertz CT molecular complexity index is 595. The summed E-state index contributed by atoms with van der Waals surface area (Å²) < 4.78 is 0. The topological polar surface area (TPSA) is 69.6 Å². The molecule has 1 aliphatic heterocycles. The number of hydrogen-bond donors (Lipinski definition) is 2. The van der Waals surface area contributed by atoms with Crippen LogP contribution in [0.2, 0.25) is 10.0 Å². The number of carbonyl (C=O) groups is 2. The summed E-state index contributed by atoms with van der Waals surface area (Å²) in [4.78, 5) is 25.3. The number of carboxylic acids is 1. The first-order valence-electron chi connectivity index (χ1n) is 8.19. The minimum Gasteiger partial charge on any atom is -0.481 e. The maximum atomic E-state index is 12.6. The number of likely N-dealkylation sites (tertiary alicyclic amines) is 1. The standard InChI is InChI=1S/C17H22Cl2N2O3/c18-12-7-8-14(13(19)11-12)20-17(24)15-5-1-3-9-21(15)10-4-2-6-16(22)23/h7-8,11,15H,1-6,9-10H2,(H,20,24)(H,22,23). The highest BCUT2D eigenvalue weighted by atomic mass is 35.5. The lowest BCUT2D eigenvalue weighted by Crippen LogP contribution is -2.47. The predicted octanol–water partition coefficient (Wildman–Crippen LogP) is 4.04. The highest BCUT2D eigenvalue weighted by Crippen LogP contribution is 2.27. The summed E-state index contributed by atoms with van der Waals surface area (Å²) in [5, 5.41) is 12.5. The van der Waals surface area contributed by atoms with Crippen molar-refractivity contribution in [3.63, 3.8) is 0 Å². The number of amides is 1. The third-order valence-corrected chi connectivity index (χ3v) is 4.74. The molecule has 0 aromatic heterocycles. The van der Waals surface area contributed by atoms with E-state index in [1.807, 2.05) is 0 Å². The molecule has 24 heavy (non-hydrogen) atoms. The molecule has 132 valence electrons. The summed E-state index contributed by atoms with van der Waals surface area (Å²) in [6, 6.07) is 4.79. The monoisotopic (exact) mass is 372 g/mol. The molecule has 5 nitrogen and oxygen atoms in total. The number of nitrogens with zero attached hydrogens (tertiary/aromatic N) is 1. The molecule has 1 amide bonds. The van der Waals surface area contributed by atoms with Crippen LogP contribution in [0.1, 0.15) is 38.5 Å². The highest BCUT2D eigenvalue weighted by molar-refractivity contribution is 6.36. The van der Waals surface area contributed by atoms with Crippen molar-refractivity contribution in [1.82, 2.24) is 4.90 Å². The van der Waals surface area contributed by atoms with Crippen molar-refractivity contribution in [2.45, 2.75) is 44.6 Å². The van der Waals surface area contributed by atoms with Gasteiger partial charge in [-0.1, -0.05) is 29.6 Å². The van der Waals surface area contributed by atoms with Crippen LogP contribution in [-0.2, 0) is 9.59 Å². The largest absolute Gasteiger partial charge is 0.481 e. The maximum absolute atomic E-state index is 12.6. The fourth-order valence-electron chi connectivity index (χ4n) is 2.95. The number of nitrogens with one attached hydrogen (secondary N) is 1. The van der Waals surface area contributed by atoms with Crippen molar-refractivity contribution in [2.75, 3.05) is 18.4 Å². The summed E-state index contributed by atoms with van der Waals surface area (Å²) in [6.45, 7) is 1.60. The first-order chi connectivity index (χ1) is 11.5. The van der Waals surface area contributed by atoms with Gasteiger partial charge in [-0.3, -0.25) is 14.5 Å². The van der Waals surface area contributed by atoms with Crippen molar-refractivity contribution >= 4 is 40.8 Å². The molecule has 2 rings (SSSR count). The number of carbonyl (C=O) groups excluding carboxylic acids is 1. The number of halogens is 2. The van der Waals surface area contributed by atoms with E-state index in [0.717, 1.165) is 38.8 Å². The normalized spacial score (nSPS) is 18.3.